The van der Waals surface area contributed by atoms with E-state index >= 15 is 0 Å². The Hall–Kier alpha value is -0.770. The quantitative estimate of drug-likeness (QED) is 0.522. The summed E-state index contributed by atoms with van der Waals surface area (Å²) in [5.41, 5.74) is 0. The van der Waals surface area contributed by atoms with E-state index in [0.29, 0.717) is 17.8 Å². The third-order valence-corrected chi connectivity index (χ3v) is 3.24. The number of nitriles is 1. The van der Waals surface area contributed by atoms with E-state index in [9.17, 15) is 0 Å². The Labute approximate surface area is 67.7 Å². The molecule has 0 aromatic heterocycles. The Morgan fingerprint density at radius 3 is 2.73 bits per heavy atom. The van der Waals surface area contributed by atoms with E-state index in [0.717, 1.165) is 5.92 Å². The highest BCUT2D eigenvalue weighted by molar-refractivity contribution is 5.17. The monoisotopic (exact) mass is 147 g/mol. The van der Waals surface area contributed by atoms with Crippen molar-refractivity contribution in [3.63, 3.8) is 0 Å². The lowest BCUT2D eigenvalue weighted by atomic mass is 9.82. The molecule has 2 aliphatic rings. The topological polar surface area (TPSA) is 23.8 Å². The van der Waals surface area contributed by atoms with Crippen LogP contribution in [0.4, 0.5) is 0 Å². The Balaban J connectivity index is 2.23. The Morgan fingerprint density at radius 1 is 1.45 bits per heavy atom. The number of rotatable bonds is 1. The van der Waals surface area contributed by atoms with Gasteiger partial charge in [0.25, 0.3) is 0 Å². The van der Waals surface area contributed by atoms with Crippen LogP contribution in [0.1, 0.15) is 19.8 Å². The minimum Gasteiger partial charge on any atom is -0.198 e. The van der Waals surface area contributed by atoms with Gasteiger partial charge in [0.1, 0.15) is 0 Å². The second-order valence-electron chi connectivity index (χ2n) is 3.68. The van der Waals surface area contributed by atoms with Gasteiger partial charge in [0, 0.05) is 0 Å². The van der Waals surface area contributed by atoms with Gasteiger partial charge in [0.2, 0.25) is 0 Å². The van der Waals surface area contributed by atoms with Crippen LogP contribution in [0.25, 0.3) is 0 Å². The molecule has 1 nitrogen and oxygen atoms in total. The summed E-state index contributed by atoms with van der Waals surface area (Å²) in [6.45, 7) is 2.20. The molecule has 0 aromatic carbocycles. The summed E-state index contributed by atoms with van der Waals surface area (Å²) in [7, 11) is 0. The normalized spacial score (nSPS) is 46.2. The molecular formula is C10H13N. The molecule has 1 saturated carbocycles. The minimum atomic E-state index is 0.329. The van der Waals surface area contributed by atoms with Crippen molar-refractivity contribution in [1.29, 1.82) is 5.26 Å². The number of fused-ring (bicyclic) bond motifs is 2. The van der Waals surface area contributed by atoms with Crippen LogP contribution in [0.3, 0.4) is 0 Å². The van der Waals surface area contributed by atoms with E-state index in [4.69, 9.17) is 5.26 Å². The number of hydrogen-bond acceptors (Lipinski definition) is 1. The van der Waals surface area contributed by atoms with E-state index in [1.807, 2.05) is 0 Å². The van der Waals surface area contributed by atoms with Crippen molar-refractivity contribution >= 4 is 0 Å². The molecule has 2 bridgehead atoms. The Morgan fingerprint density at radius 2 is 2.18 bits per heavy atom. The lowest BCUT2D eigenvalue weighted by Gasteiger charge is -2.20. The zero-order valence-electron chi connectivity index (χ0n) is 6.83. The maximum absolute atomic E-state index is 8.91. The average molecular weight is 147 g/mol. The molecule has 0 aromatic rings. The molecule has 0 heterocycles. The van der Waals surface area contributed by atoms with Crippen molar-refractivity contribution in [3.05, 3.63) is 12.2 Å². The van der Waals surface area contributed by atoms with Gasteiger partial charge in [-0.15, -0.1) is 0 Å². The highest BCUT2D eigenvalue weighted by Crippen LogP contribution is 2.48. The first-order valence-electron chi connectivity index (χ1n) is 4.44. The van der Waals surface area contributed by atoms with Gasteiger partial charge in [-0.25, -0.2) is 0 Å². The van der Waals surface area contributed by atoms with Crippen molar-refractivity contribution in [1.82, 2.24) is 0 Å². The van der Waals surface area contributed by atoms with Crippen LogP contribution >= 0.6 is 0 Å². The molecule has 0 amide bonds. The summed E-state index contributed by atoms with van der Waals surface area (Å²) >= 11 is 0. The van der Waals surface area contributed by atoms with E-state index in [1.165, 1.54) is 12.8 Å². The fourth-order valence-corrected chi connectivity index (χ4v) is 2.67. The summed E-state index contributed by atoms with van der Waals surface area (Å²) in [4.78, 5) is 0. The Kier molecular flexibility index (Phi) is 1.49. The highest BCUT2D eigenvalue weighted by Gasteiger charge is 2.43. The van der Waals surface area contributed by atoms with Gasteiger partial charge in [-0.1, -0.05) is 25.5 Å². The number of allylic oxidation sites excluding steroid dienone is 2. The predicted molar refractivity (Wildman–Crippen MR) is 43.6 cm³/mol. The molecule has 1 heteroatoms. The van der Waals surface area contributed by atoms with Crippen LogP contribution in [-0.2, 0) is 0 Å². The third kappa shape index (κ3) is 0.822. The summed E-state index contributed by atoms with van der Waals surface area (Å²) in [6.07, 6.45) is 6.97. The molecular weight excluding hydrogens is 134 g/mol. The van der Waals surface area contributed by atoms with Crippen LogP contribution in [0, 0.1) is 35.0 Å². The first-order valence-corrected chi connectivity index (χ1v) is 4.44. The van der Waals surface area contributed by atoms with Crippen LogP contribution in [-0.4, -0.2) is 0 Å². The van der Waals surface area contributed by atoms with Gasteiger partial charge in [-0.3, -0.25) is 0 Å². The average Bonchev–Trinajstić information content (AvgIpc) is 2.60. The molecule has 4 unspecified atom stereocenters. The molecule has 4 atom stereocenters. The molecule has 2 aliphatic carbocycles. The predicted octanol–water partition coefficient (Wildman–Crippen LogP) is 2.36. The van der Waals surface area contributed by atoms with Crippen LogP contribution in [0.5, 0.6) is 0 Å². The van der Waals surface area contributed by atoms with Crippen molar-refractivity contribution < 1.29 is 0 Å². The van der Waals surface area contributed by atoms with Gasteiger partial charge in [-0.05, 0) is 24.2 Å². The standard InChI is InChI=1S/C10H13N/c1-2-9-7-3-4-8(5-7)10(9)6-11/h3-4,7-10H,2,5H2,1H3. The zero-order valence-corrected chi connectivity index (χ0v) is 6.83. The number of hydrogen-bond donors (Lipinski definition) is 0. The minimum absolute atomic E-state index is 0.329. The first kappa shape index (κ1) is 6.91. The van der Waals surface area contributed by atoms with E-state index in [1.54, 1.807) is 0 Å². The van der Waals surface area contributed by atoms with Gasteiger partial charge in [-0.2, -0.15) is 5.26 Å². The van der Waals surface area contributed by atoms with Gasteiger partial charge >= 0.3 is 0 Å². The molecule has 0 aliphatic heterocycles. The third-order valence-electron chi connectivity index (χ3n) is 3.24. The SMILES string of the molecule is CCC1C2C=CC(C2)C1C#N. The van der Waals surface area contributed by atoms with E-state index < -0.39 is 0 Å². The summed E-state index contributed by atoms with van der Waals surface area (Å²) in [6, 6.07) is 2.45. The van der Waals surface area contributed by atoms with Crippen LogP contribution in [0.15, 0.2) is 12.2 Å². The molecule has 0 spiro atoms. The highest BCUT2D eigenvalue weighted by atomic mass is 14.5. The lowest BCUT2D eigenvalue weighted by Crippen LogP contribution is -2.16. The zero-order chi connectivity index (χ0) is 7.84. The fraction of sp³-hybridized carbons (Fsp3) is 0.700. The van der Waals surface area contributed by atoms with Crippen molar-refractivity contribution in [3.8, 4) is 6.07 Å². The van der Waals surface area contributed by atoms with Crippen LogP contribution in [0.2, 0.25) is 0 Å². The number of nitrogens with zero attached hydrogens (tertiary/aromatic N) is 1. The largest absolute Gasteiger partial charge is 0.198 e. The van der Waals surface area contributed by atoms with Crippen LogP contribution < -0.4 is 0 Å². The molecule has 1 fully saturated rings. The first-order chi connectivity index (χ1) is 5.36. The Bertz CT molecular complexity index is 224. The second-order valence-corrected chi connectivity index (χ2v) is 3.68. The van der Waals surface area contributed by atoms with Crippen molar-refractivity contribution in [2.24, 2.45) is 23.7 Å². The molecule has 58 valence electrons. The van der Waals surface area contributed by atoms with E-state index in [2.05, 4.69) is 25.1 Å². The second kappa shape index (κ2) is 2.37. The summed E-state index contributed by atoms with van der Waals surface area (Å²) < 4.78 is 0. The molecule has 0 N–H and O–H groups in total. The van der Waals surface area contributed by atoms with Gasteiger partial charge in [0.05, 0.1) is 12.0 Å². The van der Waals surface area contributed by atoms with Gasteiger partial charge < -0.3 is 0 Å². The smallest absolute Gasteiger partial charge is 0.0665 e. The van der Waals surface area contributed by atoms with Crippen molar-refractivity contribution in [2.45, 2.75) is 19.8 Å². The maximum atomic E-state index is 8.91. The molecule has 0 saturated heterocycles. The lowest BCUT2D eigenvalue weighted by molar-refractivity contribution is 0.365. The summed E-state index contributed by atoms with van der Waals surface area (Å²) in [5.74, 6) is 2.31. The summed E-state index contributed by atoms with van der Waals surface area (Å²) in [5, 5.41) is 8.91. The maximum Gasteiger partial charge on any atom is 0.0665 e. The van der Waals surface area contributed by atoms with E-state index in [-0.39, 0.29) is 0 Å². The molecule has 11 heavy (non-hydrogen) atoms. The van der Waals surface area contributed by atoms with Crippen molar-refractivity contribution in [2.75, 3.05) is 0 Å². The fourth-order valence-electron chi connectivity index (χ4n) is 2.67. The molecule has 2 rings (SSSR count). The molecule has 0 radical (unpaired) electrons. The van der Waals surface area contributed by atoms with Gasteiger partial charge in [0.15, 0.2) is 0 Å².